The van der Waals surface area contributed by atoms with Crippen molar-refractivity contribution in [2.75, 3.05) is 6.26 Å². The summed E-state index contributed by atoms with van der Waals surface area (Å²) in [6.45, 7) is 0.726. The number of sulfonamides is 1. The molecule has 2 fully saturated rings. The van der Waals surface area contributed by atoms with Gasteiger partial charge in [0.2, 0.25) is 10.0 Å². The van der Waals surface area contributed by atoms with E-state index in [0.717, 1.165) is 48.0 Å². The molecule has 1 N–H and O–H groups in total. The summed E-state index contributed by atoms with van der Waals surface area (Å²) < 4.78 is 45.7. The third-order valence-corrected chi connectivity index (χ3v) is 8.36. The van der Waals surface area contributed by atoms with Gasteiger partial charge in [0, 0.05) is 24.7 Å². The number of nitrogens with one attached hydrogen (secondary N) is 1. The maximum Gasteiger partial charge on any atom is 0.279 e. The van der Waals surface area contributed by atoms with E-state index in [4.69, 9.17) is 4.74 Å². The molecule has 2 aliphatic rings. The van der Waals surface area contributed by atoms with E-state index in [2.05, 4.69) is 10.3 Å². The van der Waals surface area contributed by atoms with Crippen LogP contribution >= 0.6 is 11.3 Å². The minimum absolute atomic E-state index is 0.129. The van der Waals surface area contributed by atoms with E-state index in [1.165, 1.54) is 29.7 Å². The van der Waals surface area contributed by atoms with Crippen molar-refractivity contribution < 1.29 is 17.5 Å². The van der Waals surface area contributed by atoms with Crippen LogP contribution in [0.2, 0.25) is 0 Å². The van der Waals surface area contributed by atoms with Gasteiger partial charge in [-0.05, 0) is 61.6 Å². The lowest BCUT2D eigenvalue weighted by atomic mass is 9.99. The second kappa shape index (κ2) is 8.12. The van der Waals surface area contributed by atoms with Crippen molar-refractivity contribution in [2.24, 2.45) is 0 Å². The Kier molecular flexibility index (Phi) is 5.45. The lowest BCUT2D eigenvalue weighted by molar-refractivity contribution is 0.207. The number of hydrogen-bond donors (Lipinski definition) is 1. The summed E-state index contributed by atoms with van der Waals surface area (Å²) in [5.41, 5.74) is 1.86. The van der Waals surface area contributed by atoms with Crippen LogP contribution in [0.15, 0.2) is 42.5 Å². The molecule has 2 saturated heterocycles. The highest BCUT2D eigenvalue weighted by atomic mass is 32.2. The first kappa shape index (κ1) is 20.8. The molecule has 2 atom stereocenters. The van der Waals surface area contributed by atoms with Crippen LogP contribution in [0.3, 0.4) is 0 Å². The van der Waals surface area contributed by atoms with Gasteiger partial charge in [-0.25, -0.2) is 17.8 Å². The minimum Gasteiger partial charge on any atom is -0.431 e. The Bertz CT molecular complexity index is 1180. The van der Waals surface area contributed by atoms with Crippen LogP contribution in [0.5, 0.6) is 10.9 Å². The molecule has 5 rings (SSSR count). The van der Waals surface area contributed by atoms with E-state index in [1.54, 1.807) is 10.4 Å². The van der Waals surface area contributed by atoms with Crippen LogP contribution in [0.4, 0.5) is 4.39 Å². The van der Waals surface area contributed by atoms with Crippen LogP contribution in [0, 0.1) is 5.82 Å². The van der Waals surface area contributed by atoms with Gasteiger partial charge in [-0.3, -0.25) is 0 Å². The highest BCUT2D eigenvalue weighted by Crippen LogP contribution is 2.37. The summed E-state index contributed by atoms with van der Waals surface area (Å²) in [5.74, 6) is 0.400. The first-order valence-corrected chi connectivity index (χ1v) is 13.1. The van der Waals surface area contributed by atoms with Gasteiger partial charge >= 0.3 is 0 Å². The molecule has 1 aromatic heterocycles. The molecule has 0 aliphatic carbocycles. The Hall–Kier alpha value is -2.07. The number of halogens is 1. The highest BCUT2D eigenvalue weighted by Gasteiger charge is 2.44. The number of hydrogen-bond acceptors (Lipinski definition) is 6. The third-order valence-electron chi connectivity index (χ3n) is 6.10. The molecule has 3 aromatic rings. The summed E-state index contributed by atoms with van der Waals surface area (Å²) >= 11 is 1.32. The average molecular weight is 462 g/mol. The Morgan fingerprint density at radius 2 is 1.87 bits per heavy atom. The number of ether oxygens (including phenoxy) is 1. The van der Waals surface area contributed by atoms with Crippen molar-refractivity contribution in [3.8, 4) is 10.9 Å². The average Bonchev–Trinajstić information content (AvgIpc) is 3.24. The molecule has 0 spiro atoms. The number of piperidine rings is 1. The predicted molar refractivity (Wildman–Crippen MR) is 119 cm³/mol. The zero-order valence-corrected chi connectivity index (χ0v) is 18.8. The fourth-order valence-electron chi connectivity index (χ4n) is 4.80. The molecule has 31 heavy (non-hydrogen) atoms. The van der Waals surface area contributed by atoms with Gasteiger partial charge in [-0.2, -0.15) is 4.31 Å². The predicted octanol–water partition coefficient (Wildman–Crippen LogP) is 4.27. The highest BCUT2D eigenvalue weighted by molar-refractivity contribution is 7.88. The van der Waals surface area contributed by atoms with E-state index in [-0.39, 0.29) is 17.9 Å². The van der Waals surface area contributed by atoms with Crippen molar-refractivity contribution in [3.63, 3.8) is 0 Å². The molecule has 2 aromatic carbocycles. The molecule has 6 nitrogen and oxygen atoms in total. The van der Waals surface area contributed by atoms with Gasteiger partial charge in [-0.1, -0.05) is 23.5 Å². The molecule has 0 radical (unpaired) electrons. The third kappa shape index (κ3) is 4.45. The van der Waals surface area contributed by atoms with Gasteiger partial charge in [0.05, 0.1) is 16.5 Å². The molecule has 0 amide bonds. The second-order valence-corrected chi connectivity index (χ2v) is 11.2. The van der Waals surface area contributed by atoms with Crippen LogP contribution in [0.25, 0.3) is 10.2 Å². The molecular formula is C22H24FN3O3S2. The first-order valence-electron chi connectivity index (χ1n) is 10.4. The van der Waals surface area contributed by atoms with E-state index in [1.807, 2.05) is 24.3 Å². The molecule has 164 valence electrons. The molecular weight excluding hydrogens is 437 g/mol. The van der Waals surface area contributed by atoms with E-state index >= 15 is 0 Å². The minimum atomic E-state index is -3.12. The van der Waals surface area contributed by atoms with E-state index < -0.39 is 10.0 Å². The molecule has 9 heteroatoms. The number of rotatable bonds is 6. The number of nitrogens with zero attached hydrogens (tertiary/aromatic N) is 2. The summed E-state index contributed by atoms with van der Waals surface area (Å²) in [7, 11) is -3.12. The zero-order chi connectivity index (χ0) is 21.6. The van der Waals surface area contributed by atoms with Crippen LogP contribution < -0.4 is 10.1 Å². The van der Waals surface area contributed by atoms with E-state index in [0.29, 0.717) is 17.0 Å². The van der Waals surface area contributed by atoms with Gasteiger partial charge < -0.3 is 10.1 Å². The van der Waals surface area contributed by atoms with Gasteiger partial charge in [0.15, 0.2) is 0 Å². The molecule has 0 saturated carbocycles. The SMILES string of the molecule is CS(=O)(=O)N1[C@@H]2CC[C@@H]1CC(NCc1ccc(Oc3nc4ccc(F)cc4s3)cc1)C2. The lowest BCUT2D eigenvalue weighted by Gasteiger charge is -2.37. The van der Waals surface area contributed by atoms with Crippen molar-refractivity contribution in [1.29, 1.82) is 0 Å². The fourth-order valence-corrected chi connectivity index (χ4v) is 7.13. The topological polar surface area (TPSA) is 71.5 Å². The van der Waals surface area contributed by atoms with Gasteiger partial charge in [0.1, 0.15) is 11.6 Å². The number of thiazole rings is 1. The van der Waals surface area contributed by atoms with Crippen LogP contribution in [-0.4, -0.2) is 42.1 Å². The molecule has 3 heterocycles. The zero-order valence-electron chi connectivity index (χ0n) is 17.1. The monoisotopic (exact) mass is 461 g/mol. The second-order valence-electron chi connectivity index (χ2n) is 8.36. The van der Waals surface area contributed by atoms with Gasteiger partial charge in [-0.15, -0.1) is 0 Å². The summed E-state index contributed by atoms with van der Waals surface area (Å²) in [4.78, 5) is 4.38. The van der Waals surface area contributed by atoms with Crippen LogP contribution in [-0.2, 0) is 16.6 Å². The van der Waals surface area contributed by atoms with Crippen molar-refractivity contribution in [2.45, 2.75) is 50.4 Å². The number of benzene rings is 2. The summed E-state index contributed by atoms with van der Waals surface area (Å²) in [5, 5.41) is 4.08. The maximum atomic E-state index is 13.3. The Morgan fingerprint density at radius 3 is 2.55 bits per heavy atom. The summed E-state index contributed by atoms with van der Waals surface area (Å²) in [6.07, 6.45) is 4.97. The van der Waals surface area contributed by atoms with Gasteiger partial charge in [0.25, 0.3) is 5.19 Å². The van der Waals surface area contributed by atoms with Crippen molar-refractivity contribution in [1.82, 2.24) is 14.6 Å². The first-order chi connectivity index (χ1) is 14.8. The number of fused-ring (bicyclic) bond motifs is 3. The Morgan fingerprint density at radius 1 is 1.16 bits per heavy atom. The Labute approximate surface area is 185 Å². The molecule has 2 bridgehead atoms. The van der Waals surface area contributed by atoms with Crippen molar-refractivity contribution in [3.05, 3.63) is 53.8 Å². The van der Waals surface area contributed by atoms with Crippen molar-refractivity contribution >= 4 is 31.6 Å². The Balaban J connectivity index is 1.17. The van der Waals surface area contributed by atoms with E-state index in [9.17, 15) is 12.8 Å². The molecule has 0 unspecified atom stereocenters. The number of aromatic nitrogens is 1. The standard InChI is InChI=1S/C22H24FN3O3S2/c1-31(27,28)26-17-5-6-18(26)12-16(11-17)24-13-14-2-7-19(8-3-14)29-22-25-20-9-4-15(23)10-21(20)30-22/h2-4,7-10,16-18,24H,5-6,11-13H2,1H3/t17-,18-/m1/s1. The smallest absolute Gasteiger partial charge is 0.279 e. The summed E-state index contributed by atoms with van der Waals surface area (Å²) in [6, 6.07) is 12.9. The largest absolute Gasteiger partial charge is 0.431 e. The quantitative estimate of drug-likeness (QED) is 0.594. The van der Waals surface area contributed by atoms with Crippen LogP contribution in [0.1, 0.15) is 31.2 Å². The molecule has 2 aliphatic heterocycles. The lowest BCUT2D eigenvalue weighted by Crippen LogP contribution is -2.50. The fraction of sp³-hybridized carbons (Fsp3) is 0.409. The maximum absolute atomic E-state index is 13.3. The normalized spacial score (nSPS) is 24.0.